The van der Waals surface area contributed by atoms with Gasteiger partial charge in [0.05, 0.1) is 0 Å². The van der Waals surface area contributed by atoms with E-state index in [0.29, 0.717) is 0 Å². The summed E-state index contributed by atoms with van der Waals surface area (Å²) in [5.41, 5.74) is 4.58. The Kier molecular flexibility index (Phi) is 3.46. The molecule has 0 saturated carbocycles. The van der Waals surface area contributed by atoms with Gasteiger partial charge >= 0.3 is 109 Å². The van der Waals surface area contributed by atoms with E-state index >= 15 is 0 Å². The minimum absolute atomic E-state index is 0.580. The molecule has 5 heteroatoms. The van der Waals surface area contributed by atoms with Gasteiger partial charge in [0.15, 0.2) is 0 Å². The third-order valence-corrected chi connectivity index (χ3v) is 13.2. The van der Waals surface area contributed by atoms with Gasteiger partial charge in [-0.1, -0.05) is 0 Å². The van der Waals surface area contributed by atoms with Gasteiger partial charge < -0.3 is 0 Å². The zero-order valence-electron chi connectivity index (χ0n) is 9.35. The van der Waals surface area contributed by atoms with Crippen molar-refractivity contribution in [3.63, 3.8) is 0 Å². The summed E-state index contributed by atoms with van der Waals surface area (Å²) >= 11 is 0. The fraction of sp³-hybridized carbons (Fsp3) is 0.600. The Balaban J connectivity index is 3.56. The molecular formula is C10H15Cl4Rh. The van der Waals surface area contributed by atoms with E-state index in [1.54, 1.807) is 0 Å². The molecule has 0 spiro atoms. The Morgan fingerprint density at radius 3 is 1.20 bits per heavy atom. The van der Waals surface area contributed by atoms with Gasteiger partial charge in [0, 0.05) is 0 Å². The summed E-state index contributed by atoms with van der Waals surface area (Å²) < 4.78 is -0.580. The molecule has 0 aromatic heterocycles. The molecular weight excluding hydrogens is 365 g/mol. The SMILES string of the molecule is CC1=C(C)[C](C)([Rh]([Cl])([Cl])([Cl])[Cl])C(C)=C1C. The molecule has 0 fully saturated rings. The van der Waals surface area contributed by atoms with Crippen molar-refractivity contribution >= 4 is 38.8 Å². The van der Waals surface area contributed by atoms with Crippen molar-refractivity contribution in [2.24, 2.45) is 0 Å². The Labute approximate surface area is 109 Å². The van der Waals surface area contributed by atoms with Gasteiger partial charge in [0.2, 0.25) is 0 Å². The van der Waals surface area contributed by atoms with Crippen LogP contribution in [-0.4, -0.2) is 0 Å². The summed E-state index contributed by atoms with van der Waals surface area (Å²) in [4.78, 5) is 0. The van der Waals surface area contributed by atoms with Crippen molar-refractivity contribution < 1.29 is 9.64 Å². The third-order valence-electron chi connectivity index (χ3n) is 3.57. The summed E-state index contributed by atoms with van der Waals surface area (Å²) in [7, 11) is 20.8. The fourth-order valence-electron chi connectivity index (χ4n) is 1.91. The first kappa shape index (κ1) is 14.3. The molecule has 15 heavy (non-hydrogen) atoms. The standard InChI is InChI=1S/C10H15.4ClH.Rh/c1-6-7(2)9(4)10(5)8(6)3;;;;;/h1-5H3;4*1H;/q;;;;;+4/p-4. The van der Waals surface area contributed by atoms with Crippen LogP contribution in [0.2, 0.25) is 4.01 Å². The maximum absolute atomic E-state index is 6.25. The maximum atomic E-state index is 6.25. The Morgan fingerprint density at radius 2 is 1.07 bits per heavy atom. The summed E-state index contributed by atoms with van der Waals surface area (Å²) in [5, 5.41) is 0. The van der Waals surface area contributed by atoms with Crippen molar-refractivity contribution in [3.05, 3.63) is 22.3 Å². The molecule has 0 saturated heterocycles. The Hall–Kier alpha value is 1.26. The fourth-order valence-corrected chi connectivity index (χ4v) is 8.85. The Morgan fingerprint density at radius 1 is 0.800 bits per heavy atom. The molecule has 0 aromatic carbocycles. The van der Waals surface area contributed by atoms with E-state index in [0.717, 1.165) is 11.1 Å². The van der Waals surface area contributed by atoms with Crippen molar-refractivity contribution in [2.75, 3.05) is 0 Å². The van der Waals surface area contributed by atoms with E-state index < -0.39 is 13.6 Å². The average molecular weight is 380 g/mol. The summed E-state index contributed by atoms with van der Waals surface area (Å²) in [6.45, 7) is 10.0. The molecule has 0 heterocycles. The van der Waals surface area contributed by atoms with E-state index in [1.807, 2.05) is 20.8 Å². The molecule has 1 aliphatic carbocycles. The van der Waals surface area contributed by atoms with Crippen molar-refractivity contribution in [1.82, 2.24) is 0 Å². The minimum atomic E-state index is -4.21. The van der Waals surface area contributed by atoms with Crippen LogP contribution in [0.5, 0.6) is 0 Å². The van der Waals surface area contributed by atoms with Crippen molar-refractivity contribution in [2.45, 2.75) is 38.6 Å². The Bertz CT molecular complexity index is 351. The van der Waals surface area contributed by atoms with Crippen LogP contribution in [0.4, 0.5) is 0 Å². The number of rotatable bonds is 1. The van der Waals surface area contributed by atoms with Crippen LogP contribution in [0.25, 0.3) is 0 Å². The van der Waals surface area contributed by atoms with E-state index in [2.05, 4.69) is 13.8 Å². The molecule has 1 rings (SSSR count). The third kappa shape index (κ3) is 1.93. The van der Waals surface area contributed by atoms with Crippen LogP contribution in [-0.2, 0) is 9.64 Å². The van der Waals surface area contributed by atoms with Crippen LogP contribution in [0.15, 0.2) is 22.3 Å². The predicted octanol–water partition coefficient (Wildman–Crippen LogP) is 6.16. The van der Waals surface area contributed by atoms with Gasteiger partial charge in [-0.25, -0.2) is 0 Å². The zero-order chi connectivity index (χ0) is 12.3. The summed E-state index contributed by atoms with van der Waals surface area (Å²) in [6.07, 6.45) is 0. The van der Waals surface area contributed by atoms with Gasteiger partial charge in [-0.15, -0.1) is 0 Å². The molecule has 0 unspecified atom stereocenters. The van der Waals surface area contributed by atoms with Crippen LogP contribution >= 0.6 is 38.8 Å². The van der Waals surface area contributed by atoms with Gasteiger partial charge in [-0.3, -0.25) is 0 Å². The van der Waals surface area contributed by atoms with Crippen LogP contribution in [0.1, 0.15) is 34.6 Å². The van der Waals surface area contributed by atoms with E-state index in [-0.39, 0.29) is 0 Å². The first-order valence-electron chi connectivity index (χ1n) is 4.42. The normalized spacial score (nSPS) is 24.5. The number of halogens is 4. The van der Waals surface area contributed by atoms with E-state index in [9.17, 15) is 0 Å². The molecule has 0 radical (unpaired) electrons. The van der Waals surface area contributed by atoms with E-state index in [4.69, 9.17) is 38.8 Å². The first-order valence-corrected chi connectivity index (χ1v) is 13.7. The average Bonchev–Trinajstić information content (AvgIpc) is 2.19. The number of hydrogen-bond donors (Lipinski definition) is 0. The quantitative estimate of drug-likeness (QED) is 0.479. The molecule has 92 valence electrons. The molecule has 0 aliphatic heterocycles. The molecule has 0 bridgehead atoms. The van der Waals surface area contributed by atoms with Gasteiger partial charge in [-0.05, 0) is 0 Å². The number of hydrogen-bond acceptors (Lipinski definition) is 0. The monoisotopic (exact) mass is 378 g/mol. The number of allylic oxidation sites excluding steroid dienone is 4. The van der Waals surface area contributed by atoms with Gasteiger partial charge in [0.25, 0.3) is 0 Å². The molecule has 0 amide bonds. The topological polar surface area (TPSA) is 0 Å². The second-order valence-corrected chi connectivity index (χ2v) is 24.8. The van der Waals surface area contributed by atoms with Gasteiger partial charge in [0.1, 0.15) is 0 Å². The van der Waals surface area contributed by atoms with Crippen LogP contribution in [0.3, 0.4) is 0 Å². The van der Waals surface area contributed by atoms with Crippen LogP contribution < -0.4 is 0 Å². The molecule has 0 aromatic rings. The molecule has 1 aliphatic rings. The molecule has 0 atom stereocenters. The second kappa shape index (κ2) is 3.63. The summed E-state index contributed by atoms with van der Waals surface area (Å²) in [6, 6.07) is 0. The van der Waals surface area contributed by atoms with Crippen molar-refractivity contribution in [1.29, 1.82) is 0 Å². The molecule has 0 nitrogen and oxygen atoms in total. The first-order chi connectivity index (χ1) is 6.40. The van der Waals surface area contributed by atoms with E-state index in [1.165, 1.54) is 11.1 Å². The zero-order valence-corrected chi connectivity index (χ0v) is 14.0. The van der Waals surface area contributed by atoms with Crippen LogP contribution in [0, 0.1) is 0 Å². The van der Waals surface area contributed by atoms with Gasteiger partial charge in [-0.2, -0.15) is 0 Å². The second-order valence-electron chi connectivity index (χ2n) is 4.00. The summed E-state index contributed by atoms with van der Waals surface area (Å²) in [5.74, 6) is 0. The predicted molar refractivity (Wildman–Crippen MR) is 68.5 cm³/mol. The van der Waals surface area contributed by atoms with Crippen molar-refractivity contribution in [3.8, 4) is 0 Å². The molecule has 0 N–H and O–H groups in total.